The van der Waals surface area contributed by atoms with Gasteiger partial charge in [-0.25, -0.2) is 0 Å². The van der Waals surface area contributed by atoms with Crippen LogP contribution in [0.4, 0.5) is 11.4 Å². The van der Waals surface area contributed by atoms with E-state index < -0.39 is 10.9 Å². The van der Waals surface area contributed by atoms with Crippen LogP contribution in [0.3, 0.4) is 0 Å². The smallest absolute Gasteiger partial charge is 0.303 e. The third-order valence-corrected chi connectivity index (χ3v) is 3.10. The van der Waals surface area contributed by atoms with E-state index in [0.717, 1.165) is 0 Å². The van der Waals surface area contributed by atoms with E-state index in [1.165, 1.54) is 13.2 Å². The summed E-state index contributed by atoms with van der Waals surface area (Å²) in [4.78, 5) is 23.2. The lowest BCUT2D eigenvalue weighted by Crippen LogP contribution is -2.32. The monoisotopic (exact) mass is 296 g/mol. The van der Waals surface area contributed by atoms with Crippen LogP contribution in [0.15, 0.2) is 18.2 Å². The zero-order chi connectivity index (χ0) is 16.0. The van der Waals surface area contributed by atoms with Crippen LogP contribution in [0.1, 0.15) is 26.7 Å². The number of nitrogens with zero attached hydrogens (tertiary/aromatic N) is 2. The van der Waals surface area contributed by atoms with Crippen LogP contribution < -0.4 is 9.64 Å². The fraction of sp³-hybridized carbons (Fsp3) is 0.500. The molecule has 116 valence electrons. The van der Waals surface area contributed by atoms with E-state index >= 15 is 0 Å². The normalized spacial score (nSPS) is 10.5. The number of nitro benzene ring substituents is 1. The highest BCUT2D eigenvalue weighted by molar-refractivity contribution is 5.67. The minimum absolute atomic E-state index is 0.0193. The molecule has 0 atom stereocenters. The van der Waals surface area contributed by atoms with Crippen molar-refractivity contribution in [2.75, 3.05) is 18.6 Å². The summed E-state index contributed by atoms with van der Waals surface area (Å²) in [6.45, 7) is 4.26. The SMILES string of the molecule is COc1ccc(N(CCCC(=O)O)C(C)C)c([N+](=O)[O-])c1. The van der Waals surface area contributed by atoms with Crippen molar-refractivity contribution in [3.63, 3.8) is 0 Å². The predicted octanol–water partition coefficient (Wildman–Crippen LogP) is 2.68. The molecule has 0 amide bonds. The number of hydrogen-bond acceptors (Lipinski definition) is 5. The Balaban J connectivity index is 3.06. The summed E-state index contributed by atoms with van der Waals surface area (Å²) >= 11 is 0. The van der Waals surface area contributed by atoms with Gasteiger partial charge in [-0.3, -0.25) is 14.9 Å². The lowest BCUT2D eigenvalue weighted by Gasteiger charge is -2.28. The first kappa shape index (κ1) is 16.7. The molecule has 0 saturated heterocycles. The Morgan fingerprint density at radius 3 is 2.62 bits per heavy atom. The molecule has 0 spiro atoms. The molecule has 0 bridgehead atoms. The zero-order valence-electron chi connectivity index (χ0n) is 12.4. The number of hydrogen-bond donors (Lipinski definition) is 1. The Hall–Kier alpha value is -2.31. The third-order valence-electron chi connectivity index (χ3n) is 3.10. The maximum Gasteiger partial charge on any atom is 0.303 e. The number of aliphatic carboxylic acids is 1. The molecule has 0 unspecified atom stereocenters. The van der Waals surface area contributed by atoms with E-state index in [1.807, 2.05) is 18.7 Å². The van der Waals surface area contributed by atoms with Gasteiger partial charge in [0.05, 0.1) is 18.1 Å². The summed E-state index contributed by atoms with van der Waals surface area (Å²) in [6.07, 6.45) is 0.462. The number of carbonyl (C=O) groups is 1. The Labute approximate surface area is 123 Å². The molecule has 0 saturated carbocycles. The molecule has 21 heavy (non-hydrogen) atoms. The van der Waals surface area contributed by atoms with Crippen molar-refractivity contribution in [1.29, 1.82) is 0 Å². The number of nitro groups is 1. The van der Waals surface area contributed by atoms with Gasteiger partial charge in [-0.1, -0.05) is 0 Å². The highest BCUT2D eigenvalue weighted by atomic mass is 16.6. The van der Waals surface area contributed by atoms with E-state index in [-0.39, 0.29) is 18.2 Å². The molecule has 0 fully saturated rings. The van der Waals surface area contributed by atoms with Gasteiger partial charge in [0.25, 0.3) is 5.69 Å². The third kappa shape index (κ3) is 4.62. The Bertz CT molecular complexity index is 516. The van der Waals surface area contributed by atoms with Crippen molar-refractivity contribution >= 4 is 17.3 Å². The number of rotatable bonds is 8. The average Bonchev–Trinajstić information content (AvgIpc) is 2.42. The van der Waals surface area contributed by atoms with Gasteiger partial charge < -0.3 is 14.7 Å². The maximum absolute atomic E-state index is 11.2. The first-order valence-corrected chi connectivity index (χ1v) is 6.67. The fourth-order valence-electron chi connectivity index (χ4n) is 2.08. The zero-order valence-corrected chi connectivity index (χ0v) is 12.4. The highest BCUT2D eigenvalue weighted by Gasteiger charge is 2.22. The quantitative estimate of drug-likeness (QED) is 0.585. The van der Waals surface area contributed by atoms with Gasteiger partial charge in [0.15, 0.2) is 0 Å². The molecule has 1 aromatic rings. The summed E-state index contributed by atoms with van der Waals surface area (Å²) in [5, 5.41) is 19.9. The number of anilines is 1. The molecule has 7 heteroatoms. The molecule has 0 aliphatic rings. The van der Waals surface area contributed by atoms with Crippen molar-refractivity contribution in [3.8, 4) is 5.75 Å². The van der Waals surface area contributed by atoms with Crippen molar-refractivity contribution < 1.29 is 19.6 Å². The lowest BCUT2D eigenvalue weighted by atomic mass is 10.1. The van der Waals surface area contributed by atoms with Crippen LogP contribution in [0.2, 0.25) is 0 Å². The van der Waals surface area contributed by atoms with Gasteiger partial charge in [0.2, 0.25) is 0 Å². The molecule has 0 heterocycles. The summed E-state index contributed by atoms with van der Waals surface area (Å²) in [5.41, 5.74) is 0.430. The average molecular weight is 296 g/mol. The van der Waals surface area contributed by atoms with E-state index in [9.17, 15) is 14.9 Å². The Kier molecular flexibility index (Phi) is 5.95. The van der Waals surface area contributed by atoms with Crippen LogP contribution in [-0.2, 0) is 4.79 Å². The van der Waals surface area contributed by atoms with Gasteiger partial charge in [-0.2, -0.15) is 0 Å². The Morgan fingerprint density at radius 1 is 1.48 bits per heavy atom. The molecule has 0 aliphatic heterocycles. The first-order chi connectivity index (χ1) is 9.86. The van der Waals surface area contributed by atoms with Crippen LogP contribution in [-0.4, -0.2) is 35.7 Å². The summed E-state index contributed by atoms with van der Waals surface area (Å²) < 4.78 is 5.01. The summed E-state index contributed by atoms with van der Waals surface area (Å²) in [6, 6.07) is 4.69. The van der Waals surface area contributed by atoms with E-state index in [2.05, 4.69) is 0 Å². The number of benzene rings is 1. The number of carboxylic acids is 1. The molecule has 0 radical (unpaired) electrons. The highest BCUT2D eigenvalue weighted by Crippen LogP contribution is 2.33. The standard InChI is InChI=1S/C14H20N2O5/c1-10(2)15(8-4-5-14(17)18)12-7-6-11(21-3)9-13(12)16(19)20/h6-7,9-10H,4-5,8H2,1-3H3,(H,17,18). The van der Waals surface area contributed by atoms with Crippen LogP contribution in [0, 0.1) is 10.1 Å². The minimum atomic E-state index is -0.872. The maximum atomic E-state index is 11.2. The number of carboxylic acid groups (broad SMARTS) is 1. The second-order valence-corrected chi connectivity index (χ2v) is 4.90. The number of ether oxygens (including phenoxy) is 1. The van der Waals surface area contributed by atoms with Gasteiger partial charge in [-0.05, 0) is 32.4 Å². The molecule has 1 N–H and O–H groups in total. The largest absolute Gasteiger partial charge is 0.496 e. The first-order valence-electron chi connectivity index (χ1n) is 6.67. The fourth-order valence-corrected chi connectivity index (χ4v) is 2.08. The van der Waals surface area contributed by atoms with Gasteiger partial charge in [-0.15, -0.1) is 0 Å². The van der Waals surface area contributed by atoms with Crippen LogP contribution in [0.25, 0.3) is 0 Å². The topological polar surface area (TPSA) is 92.9 Å². The van der Waals surface area contributed by atoms with E-state index in [4.69, 9.17) is 9.84 Å². The molecule has 1 rings (SSSR count). The van der Waals surface area contributed by atoms with Crippen LogP contribution in [0.5, 0.6) is 5.75 Å². The Morgan fingerprint density at radius 2 is 2.14 bits per heavy atom. The van der Waals surface area contributed by atoms with Gasteiger partial charge in [0, 0.05) is 19.0 Å². The van der Waals surface area contributed by atoms with Gasteiger partial charge in [0.1, 0.15) is 11.4 Å². The molecular weight excluding hydrogens is 276 g/mol. The van der Waals surface area contributed by atoms with Crippen LogP contribution >= 0.6 is 0 Å². The van der Waals surface area contributed by atoms with Crippen molar-refractivity contribution in [1.82, 2.24) is 0 Å². The lowest BCUT2D eigenvalue weighted by molar-refractivity contribution is -0.384. The summed E-state index contributed by atoms with van der Waals surface area (Å²) in [7, 11) is 1.45. The summed E-state index contributed by atoms with van der Waals surface area (Å²) in [5.74, 6) is -0.456. The van der Waals surface area contributed by atoms with Gasteiger partial charge >= 0.3 is 5.97 Å². The molecule has 7 nitrogen and oxygen atoms in total. The molecule has 0 aromatic heterocycles. The molecule has 1 aromatic carbocycles. The van der Waals surface area contributed by atoms with Crippen molar-refractivity contribution in [2.45, 2.75) is 32.7 Å². The second-order valence-electron chi connectivity index (χ2n) is 4.90. The van der Waals surface area contributed by atoms with Crippen molar-refractivity contribution in [3.05, 3.63) is 28.3 Å². The van der Waals surface area contributed by atoms with E-state index in [1.54, 1.807) is 12.1 Å². The van der Waals surface area contributed by atoms with Crippen molar-refractivity contribution in [2.24, 2.45) is 0 Å². The predicted molar refractivity (Wildman–Crippen MR) is 79.0 cm³/mol. The molecular formula is C14H20N2O5. The minimum Gasteiger partial charge on any atom is -0.496 e. The molecule has 0 aliphatic carbocycles. The number of methoxy groups -OCH3 is 1. The van der Waals surface area contributed by atoms with E-state index in [0.29, 0.717) is 24.4 Å². The second kappa shape index (κ2) is 7.47.